The van der Waals surface area contributed by atoms with Gasteiger partial charge in [-0.25, -0.2) is 0 Å². The lowest BCUT2D eigenvalue weighted by Crippen LogP contribution is -2.47. The molecule has 1 unspecified atom stereocenters. The van der Waals surface area contributed by atoms with Crippen LogP contribution in [0.4, 0.5) is 0 Å². The maximum absolute atomic E-state index is 12.2. The number of furan rings is 1. The molecule has 0 N–H and O–H groups in total. The summed E-state index contributed by atoms with van der Waals surface area (Å²) in [7, 11) is 0. The van der Waals surface area contributed by atoms with Crippen molar-refractivity contribution in [2.45, 2.75) is 50.5 Å². The van der Waals surface area contributed by atoms with E-state index in [-0.39, 0.29) is 11.5 Å². The molecule has 3 rings (SSSR count). The first-order valence-electron chi connectivity index (χ1n) is 6.97. The van der Waals surface area contributed by atoms with Gasteiger partial charge in [-0.2, -0.15) is 0 Å². The number of Topliss-reactive ketones (excluding diaryl/α,β-unsaturated/α-hetero) is 1. The number of hydrogen-bond acceptors (Lipinski definition) is 3. The number of aryl methyl sites for hydroxylation is 1. The van der Waals surface area contributed by atoms with Gasteiger partial charge in [-0.3, -0.25) is 4.79 Å². The van der Waals surface area contributed by atoms with Gasteiger partial charge in [0.05, 0.1) is 11.9 Å². The van der Waals surface area contributed by atoms with E-state index in [9.17, 15) is 4.79 Å². The van der Waals surface area contributed by atoms with E-state index in [0.29, 0.717) is 12.2 Å². The van der Waals surface area contributed by atoms with E-state index in [1.54, 1.807) is 6.26 Å². The zero-order valence-electron chi connectivity index (χ0n) is 10.7. The summed E-state index contributed by atoms with van der Waals surface area (Å²) < 4.78 is 11.1. The van der Waals surface area contributed by atoms with E-state index < -0.39 is 0 Å². The molecule has 0 bridgehead atoms. The van der Waals surface area contributed by atoms with Gasteiger partial charge in [-0.15, -0.1) is 0 Å². The summed E-state index contributed by atoms with van der Waals surface area (Å²) >= 11 is 0. The van der Waals surface area contributed by atoms with E-state index in [1.807, 2.05) is 12.1 Å². The van der Waals surface area contributed by atoms with Gasteiger partial charge in [0.2, 0.25) is 0 Å². The first-order chi connectivity index (χ1) is 8.77. The van der Waals surface area contributed by atoms with Crippen LogP contribution in [0.15, 0.2) is 22.8 Å². The van der Waals surface area contributed by atoms with Crippen molar-refractivity contribution in [2.75, 3.05) is 6.61 Å². The van der Waals surface area contributed by atoms with Gasteiger partial charge in [0.25, 0.3) is 0 Å². The average Bonchev–Trinajstić information content (AvgIpc) is 2.87. The second kappa shape index (κ2) is 4.88. The van der Waals surface area contributed by atoms with Crippen LogP contribution in [0.1, 0.15) is 44.3 Å². The number of carbonyl (C=O) groups excluding carboxylic acids is 1. The molecule has 3 heteroatoms. The summed E-state index contributed by atoms with van der Waals surface area (Å²) in [6, 6.07) is 3.81. The molecule has 1 aromatic rings. The summed E-state index contributed by atoms with van der Waals surface area (Å²) in [4.78, 5) is 12.2. The maximum Gasteiger partial charge on any atom is 0.136 e. The molecular weight excluding hydrogens is 228 g/mol. The lowest BCUT2D eigenvalue weighted by atomic mass is 9.71. The Morgan fingerprint density at radius 2 is 2.33 bits per heavy atom. The third-order valence-corrected chi connectivity index (χ3v) is 4.41. The summed E-state index contributed by atoms with van der Waals surface area (Å²) in [5, 5.41) is 0. The fraction of sp³-hybridized carbons (Fsp3) is 0.667. The largest absolute Gasteiger partial charge is 0.469 e. The van der Waals surface area contributed by atoms with Gasteiger partial charge in [-0.1, -0.05) is 0 Å². The zero-order chi connectivity index (χ0) is 12.4. The third-order valence-electron chi connectivity index (χ3n) is 4.41. The molecule has 1 aliphatic heterocycles. The van der Waals surface area contributed by atoms with Crippen molar-refractivity contribution in [1.82, 2.24) is 0 Å². The zero-order valence-corrected chi connectivity index (χ0v) is 10.7. The molecule has 18 heavy (non-hydrogen) atoms. The Bertz CT molecular complexity index is 403. The predicted molar refractivity (Wildman–Crippen MR) is 67.3 cm³/mol. The smallest absolute Gasteiger partial charge is 0.136 e. The monoisotopic (exact) mass is 248 g/mol. The van der Waals surface area contributed by atoms with Crippen LogP contribution in [-0.4, -0.2) is 18.0 Å². The normalized spacial score (nSPS) is 25.9. The molecule has 2 aliphatic rings. The molecular formula is C15H20O3. The Hall–Kier alpha value is -1.09. The highest BCUT2D eigenvalue weighted by Gasteiger charge is 2.43. The van der Waals surface area contributed by atoms with Gasteiger partial charge < -0.3 is 9.15 Å². The maximum atomic E-state index is 12.2. The quantitative estimate of drug-likeness (QED) is 0.821. The average molecular weight is 248 g/mol. The van der Waals surface area contributed by atoms with E-state index >= 15 is 0 Å². The summed E-state index contributed by atoms with van der Waals surface area (Å²) in [5.41, 5.74) is 0.0727. The molecule has 3 nitrogen and oxygen atoms in total. The van der Waals surface area contributed by atoms with Crippen molar-refractivity contribution in [2.24, 2.45) is 5.92 Å². The van der Waals surface area contributed by atoms with Crippen LogP contribution < -0.4 is 0 Å². The van der Waals surface area contributed by atoms with Crippen molar-refractivity contribution in [3.8, 4) is 0 Å². The molecule has 0 amide bonds. The minimum atomic E-state index is 0.0727. The van der Waals surface area contributed by atoms with E-state index in [0.717, 1.165) is 44.5 Å². The van der Waals surface area contributed by atoms with Crippen molar-refractivity contribution in [1.29, 1.82) is 0 Å². The molecule has 1 spiro atoms. The minimum absolute atomic E-state index is 0.0727. The number of rotatable bonds is 4. The fourth-order valence-electron chi connectivity index (χ4n) is 3.13. The fourth-order valence-corrected chi connectivity index (χ4v) is 3.13. The molecule has 2 heterocycles. The number of carbonyl (C=O) groups is 1. The highest BCUT2D eigenvalue weighted by Crippen LogP contribution is 2.44. The highest BCUT2D eigenvalue weighted by atomic mass is 16.5. The highest BCUT2D eigenvalue weighted by molar-refractivity contribution is 5.81. The lowest BCUT2D eigenvalue weighted by Gasteiger charge is -2.46. The summed E-state index contributed by atoms with van der Waals surface area (Å²) in [6.07, 6.45) is 8.40. The number of ketones is 1. The van der Waals surface area contributed by atoms with Gasteiger partial charge in [0, 0.05) is 25.4 Å². The Morgan fingerprint density at radius 3 is 3.00 bits per heavy atom. The Labute approximate surface area is 108 Å². The predicted octanol–water partition coefficient (Wildman–Crippen LogP) is 3.13. The second-order valence-corrected chi connectivity index (χ2v) is 5.62. The van der Waals surface area contributed by atoms with Crippen LogP contribution in [-0.2, 0) is 16.0 Å². The molecule has 0 aromatic carbocycles. The molecule has 1 aliphatic carbocycles. The van der Waals surface area contributed by atoms with Gasteiger partial charge in [-0.05, 0) is 44.2 Å². The van der Waals surface area contributed by atoms with Gasteiger partial charge >= 0.3 is 0 Å². The van der Waals surface area contributed by atoms with Crippen LogP contribution >= 0.6 is 0 Å². The SMILES string of the molecule is O=C(CCc1ccco1)C1CCOC2(CCC2)C1. The molecule has 1 saturated carbocycles. The molecule has 1 atom stereocenters. The molecule has 1 aromatic heterocycles. The van der Waals surface area contributed by atoms with Crippen LogP contribution in [0.3, 0.4) is 0 Å². The number of ether oxygens (including phenoxy) is 1. The first kappa shape index (κ1) is 12.0. The van der Waals surface area contributed by atoms with E-state index in [2.05, 4.69) is 0 Å². The Balaban J connectivity index is 1.52. The van der Waals surface area contributed by atoms with Crippen molar-refractivity contribution < 1.29 is 13.9 Å². The van der Waals surface area contributed by atoms with Gasteiger partial charge in [0.1, 0.15) is 11.5 Å². The molecule has 0 radical (unpaired) electrons. The van der Waals surface area contributed by atoms with Crippen molar-refractivity contribution >= 4 is 5.78 Å². The number of hydrogen-bond donors (Lipinski definition) is 0. The topological polar surface area (TPSA) is 39.4 Å². The molecule has 1 saturated heterocycles. The molecule has 98 valence electrons. The van der Waals surface area contributed by atoms with Crippen molar-refractivity contribution in [3.05, 3.63) is 24.2 Å². The van der Waals surface area contributed by atoms with E-state index in [1.165, 1.54) is 6.42 Å². The van der Waals surface area contributed by atoms with E-state index in [4.69, 9.17) is 9.15 Å². The molecule has 2 fully saturated rings. The lowest BCUT2D eigenvalue weighted by molar-refractivity contribution is -0.155. The standard InChI is InChI=1S/C15H20O3/c16-14(5-4-13-3-1-9-17-13)12-6-10-18-15(11-12)7-2-8-15/h1,3,9,12H,2,4-8,10-11H2. The Morgan fingerprint density at radius 1 is 1.44 bits per heavy atom. The summed E-state index contributed by atoms with van der Waals surface area (Å²) in [6.45, 7) is 0.761. The van der Waals surface area contributed by atoms with Crippen LogP contribution in [0.5, 0.6) is 0 Å². The van der Waals surface area contributed by atoms with Gasteiger partial charge in [0.15, 0.2) is 0 Å². The van der Waals surface area contributed by atoms with Crippen LogP contribution in [0, 0.1) is 5.92 Å². The van der Waals surface area contributed by atoms with Crippen LogP contribution in [0.25, 0.3) is 0 Å². The third kappa shape index (κ3) is 2.37. The van der Waals surface area contributed by atoms with Crippen molar-refractivity contribution in [3.63, 3.8) is 0 Å². The van der Waals surface area contributed by atoms with Crippen LogP contribution in [0.2, 0.25) is 0 Å². The second-order valence-electron chi connectivity index (χ2n) is 5.62. The minimum Gasteiger partial charge on any atom is -0.469 e. The first-order valence-corrected chi connectivity index (χ1v) is 6.97. The Kier molecular flexibility index (Phi) is 3.25. The summed E-state index contributed by atoms with van der Waals surface area (Å²) in [5.74, 6) is 1.52.